The Morgan fingerprint density at radius 2 is 1.89 bits per heavy atom. The SMILES string of the molecule is COc1cc2c(cc1C(=O)O)nc(Nc1ccc(OC(F)(F)F)cc1)n2C. The number of hydrogen-bond acceptors (Lipinski definition) is 5. The van der Waals surface area contributed by atoms with Gasteiger partial charge >= 0.3 is 12.3 Å². The quantitative estimate of drug-likeness (QED) is 0.697. The first-order valence-corrected chi connectivity index (χ1v) is 7.58. The highest BCUT2D eigenvalue weighted by Gasteiger charge is 2.31. The summed E-state index contributed by atoms with van der Waals surface area (Å²) in [6.07, 6.45) is -4.76. The highest BCUT2D eigenvalue weighted by atomic mass is 19.4. The molecule has 0 aliphatic carbocycles. The number of aromatic nitrogens is 2. The summed E-state index contributed by atoms with van der Waals surface area (Å²) in [5.74, 6) is -0.916. The lowest BCUT2D eigenvalue weighted by atomic mass is 10.2. The largest absolute Gasteiger partial charge is 0.573 e. The lowest BCUT2D eigenvalue weighted by Gasteiger charge is -2.10. The number of ether oxygens (including phenoxy) is 2. The van der Waals surface area contributed by atoms with Crippen LogP contribution in [0.5, 0.6) is 11.5 Å². The molecule has 1 aromatic heterocycles. The van der Waals surface area contributed by atoms with Gasteiger partial charge < -0.3 is 24.5 Å². The van der Waals surface area contributed by atoms with Gasteiger partial charge in [-0.05, 0) is 30.3 Å². The van der Waals surface area contributed by atoms with E-state index in [9.17, 15) is 23.1 Å². The molecule has 142 valence electrons. The predicted octanol–water partition coefficient (Wildman–Crippen LogP) is 3.92. The van der Waals surface area contributed by atoms with Gasteiger partial charge in [-0.15, -0.1) is 13.2 Å². The summed E-state index contributed by atoms with van der Waals surface area (Å²) >= 11 is 0. The van der Waals surface area contributed by atoms with Crippen LogP contribution in [0.4, 0.5) is 24.8 Å². The van der Waals surface area contributed by atoms with Crippen LogP contribution in [0.3, 0.4) is 0 Å². The fourth-order valence-electron chi connectivity index (χ4n) is 2.54. The van der Waals surface area contributed by atoms with Crippen LogP contribution >= 0.6 is 0 Å². The number of fused-ring (bicyclic) bond motifs is 1. The molecule has 3 rings (SSSR count). The van der Waals surface area contributed by atoms with E-state index in [1.54, 1.807) is 17.7 Å². The number of halogens is 3. The summed E-state index contributed by atoms with van der Waals surface area (Å²) in [5, 5.41) is 12.2. The Kier molecular flexibility index (Phi) is 4.56. The van der Waals surface area contributed by atoms with Crippen molar-refractivity contribution < 1.29 is 32.5 Å². The number of carboxylic acids is 1. The van der Waals surface area contributed by atoms with E-state index in [0.717, 1.165) is 0 Å². The van der Waals surface area contributed by atoms with Crippen molar-refractivity contribution in [1.82, 2.24) is 9.55 Å². The standard InChI is InChI=1S/C17H14F3N3O4/c1-23-13-8-14(26-2)11(15(24)25)7-12(13)22-16(23)21-9-3-5-10(6-4-9)27-17(18,19)20/h3-8H,1-2H3,(H,21,22)(H,24,25). The molecule has 2 aromatic carbocycles. The van der Waals surface area contributed by atoms with E-state index >= 15 is 0 Å². The molecule has 0 saturated carbocycles. The van der Waals surface area contributed by atoms with Gasteiger partial charge in [0.15, 0.2) is 0 Å². The molecule has 0 amide bonds. The van der Waals surface area contributed by atoms with E-state index in [0.29, 0.717) is 22.7 Å². The average Bonchev–Trinajstić information content (AvgIpc) is 2.89. The number of nitrogens with one attached hydrogen (secondary N) is 1. The lowest BCUT2D eigenvalue weighted by molar-refractivity contribution is -0.274. The third-order valence-corrected chi connectivity index (χ3v) is 3.78. The van der Waals surface area contributed by atoms with Crippen LogP contribution in [0.1, 0.15) is 10.4 Å². The molecule has 0 aliphatic rings. The minimum atomic E-state index is -4.76. The van der Waals surface area contributed by atoms with Gasteiger partial charge in [-0.2, -0.15) is 0 Å². The molecule has 3 aromatic rings. The normalized spacial score (nSPS) is 11.4. The van der Waals surface area contributed by atoms with Gasteiger partial charge in [0.25, 0.3) is 0 Å². The Bertz CT molecular complexity index is 997. The van der Waals surface area contributed by atoms with E-state index in [-0.39, 0.29) is 17.1 Å². The van der Waals surface area contributed by atoms with E-state index in [4.69, 9.17) is 4.74 Å². The average molecular weight is 381 g/mol. The van der Waals surface area contributed by atoms with Crippen molar-refractivity contribution in [2.45, 2.75) is 6.36 Å². The molecule has 0 saturated heterocycles. The third-order valence-electron chi connectivity index (χ3n) is 3.78. The number of imidazole rings is 1. The molecule has 0 spiro atoms. The summed E-state index contributed by atoms with van der Waals surface area (Å²) in [6, 6.07) is 8.10. The van der Waals surface area contributed by atoms with Crippen LogP contribution in [-0.4, -0.2) is 34.1 Å². The van der Waals surface area contributed by atoms with Crippen molar-refractivity contribution in [1.29, 1.82) is 0 Å². The molecule has 0 aliphatic heterocycles. The highest BCUT2D eigenvalue weighted by Crippen LogP contribution is 2.29. The van der Waals surface area contributed by atoms with Crippen molar-refractivity contribution in [2.75, 3.05) is 12.4 Å². The molecule has 7 nitrogen and oxygen atoms in total. The number of anilines is 2. The van der Waals surface area contributed by atoms with Gasteiger partial charge in [0.05, 0.1) is 18.1 Å². The molecule has 0 bridgehead atoms. The van der Waals surface area contributed by atoms with E-state index in [1.165, 1.54) is 37.4 Å². The fraction of sp³-hybridized carbons (Fsp3) is 0.176. The number of nitrogens with zero attached hydrogens (tertiary/aromatic N) is 2. The monoisotopic (exact) mass is 381 g/mol. The zero-order chi connectivity index (χ0) is 19.8. The van der Waals surface area contributed by atoms with Crippen LogP contribution < -0.4 is 14.8 Å². The van der Waals surface area contributed by atoms with Crippen molar-refractivity contribution in [3.8, 4) is 11.5 Å². The first-order valence-electron chi connectivity index (χ1n) is 7.58. The number of benzene rings is 2. The van der Waals surface area contributed by atoms with Crippen molar-refractivity contribution in [3.05, 3.63) is 42.0 Å². The number of aromatic carboxylic acids is 1. The predicted molar refractivity (Wildman–Crippen MR) is 90.6 cm³/mol. The summed E-state index contributed by atoms with van der Waals surface area (Å²) in [4.78, 5) is 15.6. The number of rotatable bonds is 5. The van der Waals surface area contributed by atoms with Gasteiger partial charge in [-0.3, -0.25) is 0 Å². The molecule has 0 atom stereocenters. The Labute approximate surface area is 150 Å². The maximum absolute atomic E-state index is 12.2. The van der Waals surface area contributed by atoms with Gasteiger partial charge in [-0.25, -0.2) is 9.78 Å². The molecule has 27 heavy (non-hydrogen) atoms. The summed E-state index contributed by atoms with van der Waals surface area (Å²) in [7, 11) is 3.08. The molecule has 10 heteroatoms. The second-order valence-electron chi connectivity index (χ2n) is 5.54. The molecule has 1 heterocycles. The van der Waals surface area contributed by atoms with Crippen molar-refractivity contribution in [2.24, 2.45) is 7.05 Å². The lowest BCUT2D eigenvalue weighted by Crippen LogP contribution is -2.17. The van der Waals surface area contributed by atoms with E-state index < -0.39 is 12.3 Å². The zero-order valence-corrected chi connectivity index (χ0v) is 14.2. The number of carbonyl (C=O) groups is 1. The molecule has 0 fully saturated rings. The molecule has 2 N–H and O–H groups in total. The fourth-order valence-corrected chi connectivity index (χ4v) is 2.54. The number of carboxylic acid groups (broad SMARTS) is 1. The minimum absolute atomic E-state index is 0.0247. The topological polar surface area (TPSA) is 85.6 Å². The van der Waals surface area contributed by atoms with Crippen LogP contribution in [0.15, 0.2) is 36.4 Å². The summed E-state index contributed by atoms with van der Waals surface area (Å²) in [6.45, 7) is 0. The maximum atomic E-state index is 12.2. The van der Waals surface area contributed by atoms with Crippen LogP contribution in [0, 0.1) is 0 Å². The third kappa shape index (κ3) is 3.89. The zero-order valence-electron chi connectivity index (χ0n) is 14.2. The molecule has 0 radical (unpaired) electrons. The van der Waals surface area contributed by atoms with Gasteiger partial charge in [0.1, 0.15) is 17.1 Å². The smallest absolute Gasteiger partial charge is 0.496 e. The van der Waals surface area contributed by atoms with E-state index in [2.05, 4.69) is 15.0 Å². The number of hydrogen-bond donors (Lipinski definition) is 2. The molecule has 0 unspecified atom stereocenters. The van der Waals surface area contributed by atoms with Crippen molar-refractivity contribution in [3.63, 3.8) is 0 Å². The highest BCUT2D eigenvalue weighted by molar-refractivity contribution is 5.96. The van der Waals surface area contributed by atoms with Gasteiger partial charge in [-0.1, -0.05) is 0 Å². The second-order valence-corrected chi connectivity index (χ2v) is 5.54. The van der Waals surface area contributed by atoms with E-state index in [1.807, 2.05) is 0 Å². The van der Waals surface area contributed by atoms with Crippen LogP contribution in [0.25, 0.3) is 11.0 Å². The number of aryl methyl sites for hydroxylation is 1. The molecular formula is C17H14F3N3O4. The minimum Gasteiger partial charge on any atom is -0.496 e. The Balaban J connectivity index is 1.91. The van der Waals surface area contributed by atoms with Crippen LogP contribution in [-0.2, 0) is 7.05 Å². The van der Waals surface area contributed by atoms with Crippen molar-refractivity contribution >= 4 is 28.6 Å². The number of methoxy groups -OCH3 is 1. The Hall–Kier alpha value is -3.43. The summed E-state index contributed by atoms with van der Waals surface area (Å²) < 4.78 is 47.2. The second kappa shape index (κ2) is 6.71. The first-order chi connectivity index (χ1) is 12.7. The van der Waals surface area contributed by atoms with Crippen LogP contribution in [0.2, 0.25) is 0 Å². The first kappa shape index (κ1) is 18.4. The summed E-state index contributed by atoms with van der Waals surface area (Å²) in [5.41, 5.74) is 1.50. The Morgan fingerprint density at radius 1 is 1.22 bits per heavy atom. The molecular weight excluding hydrogens is 367 g/mol. The van der Waals surface area contributed by atoms with Gasteiger partial charge in [0.2, 0.25) is 5.95 Å². The Morgan fingerprint density at radius 3 is 2.44 bits per heavy atom. The van der Waals surface area contributed by atoms with Gasteiger partial charge in [0, 0.05) is 18.8 Å². The maximum Gasteiger partial charge on any atom is 0.573 e. The number of alkyl halides is 3.